The third-order valence-corrected chi connectivity index (χ3v) is 4.49. The predicted molar refractivity (Wildman–Crippen MR) is 74.7 cm³/mol. The molecule has 98 valence electrons. The molecule has 3 nitrogen and oxygen atoms in total. The molecule has 1 aliphatic rings. The molecule has 0 amide bonds. The van der Waals surface area contributed by atoms with Crippen molar-refractivity contribution in [3.8, 4) is 0 Å². The Kier molecular flexibility index (Phi) is 4.30. The minimum Gasteiger partial charge on any atom is -0.481 e. The van der Waals surface area contributed by atoms with E-state index in [4.69, 9.17) is 16.7 Å². The van der Waals surface area contributed by atoms with Gasteiger partial charge in [0.15, 0.2) is 0 Å². The monoisotopic (exact) mass is 331 g/mol. The highest BCUT2D eigenvalue weighted by Gasteiger charge is 2.34. The van der Waals surface area contributed by atoms with E-state index in [1.807, 2.05) is 18.2 Å². The number of benzene rings is 1. The molecule has 18 heavy (non-hydrogen) atoms. The second kappa shape index (κ2) is 5.59. The van der Waals surface area contributed by atoms with Crippen molar-refractivity contribution in [3.05, 3.63) is 33.3 Å². The maximum absolute atomic E-state index is 10.9. The first kappa shape index (κ1) is 13.8. The van der Waals surface area contributed by atoms with Gasteiger partial charge in [-0.25, -0.2) is 0 Å². The molecule has 1 aromatic rings. The van der Waals surface area contributed by atoms with Crippen LogP contribution in [0, 0.1) is 11.8 Å². The molecule has 1 heterocycles. The number of halogens is 2. The van der Waals surface area contributed by atoms with Crippen LogP contribution in [-0.2, 0) is 11.3 Å². The predicted octanol–water partition coefficient (Wildman–Crippen LogP) is 3.26. The Morgan fingerprint density at radius 3 is 2.89 bits per heavy atom. The normalized spacial score (nSPS) is 18.4. The lowest BCUT2D eigenvalue weighted by Gasteiger charge is -2.41. The van der Waals surface area contributed by atoms with Gasteiger partial charge in [-0.05, 0) is 29.7 Å². The number of carbonyl (C=O) groups is 1. The molecule has 0 aromatic heterocycles. The summed E-state index contributed by atoms with van der Waals surface area (Å²) in [6.07, 6.45) is 0. The lowest BCUT2D eigenvalue weighted by atomic mass is 9.87. The zero-order valence-electron chi connectivity index (χ0n) is 10.1. The number of carboxylic acids is 1. The average molecular weight is 333 g/mol. The van der Waals surface area contributed by atoms with Crippen LogP contribution >= 0.6 is 27.5 Å². The quantitative estimate of drug-likeness (QED) is 0.920. The summed E-state index contributed by atoms with van der Waals surface area (Å²) in [6, 6.07) is 5.73. The molecule has 1 atom stereocenters. The summed E-state index contributed by atoms with van der Waals surface area (Å²) in [6.45, 7) is 4.27. The highest BCUT2D eigenvalue weighted by Crippen LogP contribution is 2.28. The van der Waals surface area contributed by atoms with Crippen molar-refractivity contribution in [3.63, 3.8) is 0 Å². The topological polar surface area (TPSA) is 40.5 Å². The summed E-state index contributed by atoms with van der Waals surface area (Å²) in [4.78, 5) is 13.1. The van der Waals surface area contributed by atoms with Gasteiger partial charge in [0.25, 0.3) is 0 Å². The van der Waals surface area contributed by atoms with Crippen molar-refractivity contribution < 1.29 is 9.90 Å². The second-order valence-electron chi connectivity index (χ2n) is 4.82. The summed E-state index contributed by atoms with van der Waals surface area (Å²) in [5.41, 5.74) is 1.14. The Morgan fingerprint density at radius 2 is 2.28 bits per heavy atom. The third kappa shape index (κ3) is 3.05. The van der Waals surface area contributed by atoms with Gasteiger partial charge in [-0.2, -0.15) is 0 Å². The van der Waals surface area contributed by atoms with E-state index in [1.54, 1.807) is 6.92 Å². The van der Waals surface area contributed by atoms with Crippen LogP contribution in [0.3, 0.4) is 0 Å². The van der Waals surface area contributed by atoms with Crippen molar-refractivity contribution in [2.75, 3.05) is 13.1 Å². The minimum absolute atomic E-state index is 0.260. The minimum atomic E-state index is -0.705. The Bertz CT molecular complexity index is 460. The van der Waals surface area contributed by atoms with Gasteiger partial charge in [-0.3, -0.25) is 9.69 Å². The summed E-state index contributed by atoms with van der Waals surface area (Å²) < 4.78 is 1.04. The largest absolute Gasteiger partial charge is 0.481 e. The van der Waals surface area contributed by atoms with E-state index in [1.165, 1.54) is 0 Å². The highest BCUT2D eigenvalue weighted by molar-refractivity contribution is 9.10. The smallest absolute Gasteiger partial charge is 0.306 e. The maximum Gasteiger partial charge on any atom is 0.306 e. The number of nitrogens with zero attached hydrogens (tertiary/aromatic N) is 1. The van der Waals surface area contributed by atoms with E-state index in [-0.39, 0.29) is 11.8 Å². The molecule has 0 bridgehead atoms. The van der Waals surface area contributed by atoms with E-state index in [9.17, 15) is 4.79 Å². The average Bonchev–Trinajstić information content (AvgIpc) is 2.26. The van der Waals surface area contributed by atoms with E-state index in [0.717, 1.165) is 34.7 Å². The first-order valence-corrected chi connectivity index (χ1v) is 7.03. The second-order valence-corrected chi connectivity index (χ2v) is 6.11. The third-order valence-electron chi connectivity index (χ3n) is 3.48. The molecule has 0 radical (unpaired) electrons. The Balaban J connectivity index is 1.90. The SMILES string of the molecule is CC(C(=O)O)C1CN(Cc2cc(Cl)ccc2Br)C1. The van der Waals surface area contributed by atoms with E-state index < -0.39 is 5.97 Å². The molecule has 0 spiro atoms. The standard InChI is InChI=1S/C13H15BrClNO2/c1-8(13(17)18)10-6-16(7-10)5-9-4-11(15)2-3-12(9)14/h2-4,8,10H,5-7H2,1H3,(H,17,18). The lowest BCUT2D eigenvalue weighted by molar-refractivity contribution is -0.145. The van der Waals surface area contributed by atoms with Crippen LogP contribution in [-0.4, -0.2) is 29.1 Å². The molecule has 1 saturated heterocycles. The molecule has 5 heteroatoms. The van der Waals surface area contributed by atoms with E-state index in [0.29, 0.717) is 0 Å². The van der Waals surface area contributed by atoms with Crippen molar-refractivity contribution >= 4 is 33.5 Å². The fourth-order valence-electron chi connectivity index (χ4n) is 2.16. The fourth-order valence-corrected chi connectivity index (χ4v) is 2.73. The number of hydrogen-bond acceptors (Lipinski definition) is 2. The van der Waals surface area contributed by atoms with Crippen molar-refractivity contribution in [2.45, 2.75) is 13.5 Å². The molecular weight excluding hydrogens is 318 g/mol. The highest BCUT2D eigenvalue weighted by atomic mass is 79.9. The maximum atomic E-state index is 10.9. The van der Waals surface area contributed by atoms with Crippen LogP contribution in [0.4, 0.5) is 0 Å². The number of carboxylic acid groups (broad SMARTS) is 1. The lowest BCUT2D eigenvalue weighted by Crippen LogP contribution is -2.50. The number of hydrogen-bond donors (Lipinski definition) is 1. The molecule has 1 aromatic carbocycles. The summed E-state index contributed by atoms with van der Waals surface area (Å²) >= 11 is 9.47. The van der Waals surface area contributed by atoms with Crippen LogP contribution < -0.4 is 0 Å². The number of likely N-dealkylation sites (tertiary alicyclic amines) is 1. The first-order valence-electron chi connectivity index (χ1n) is 5.86. The first-order chi connectivity index (χ1) is 8.47. The molecule has 1 unspecified atom stereocenters. The molecule has 1 fully saturated rings. The van der Waals surface area contributed by atoms with Crippen molar-refractivity contribution in [1.82, 2.24) is 4.90 Å². The van der Waals surface area contributed by atoms with Gasteiger partial charge in [0.05, 0.1) is 5.92 Å². The molecule has 0 aliphatic carbocycles. The molecular formula is C13H15BrClNO2. The molecule has 1 aliphatic heterocycles. The summed E-state index contributed by atoms with van der Waals surface area (Å²) in [5, 5.41) is 9.66. The van der Waals surface area contributed by atoms with Gasteiger partial charge < -0.3 is 5.11 Å². The van der Waals surface area contributed by atoms with Crippen LogP contribution in [0.25, 0.3) is 0 Å². The van der Waals surface area contributed by atoms with Crippen LogP contribution in [0.15, 0.2) is 22.7 Å². The van der Waals surface area contributed by atoms with Gasteiger partial charge in [0.2, 0.25) is 0 Å². The van der Waals surface area contributed by atoms with E-state index in [2.05, 4.69) is 20.8 Å². The van der Waals surface area contributed by atoms with Gasteiger partial charge >= 0.3 is 5.97 Å². The number of rotatable bonds is 4. The fraction of sp³-hybridized carbons (Fsp3) is 0.462. The Morgan fingerprint density at radius 1 is 1.61 bits per heavy atom. The molecule has 0 saturated carbocycles. The van der Waals surface area contributed by atoms with Crippen molar-refractivity contribution in [1.29, 1.82) is 0 Å². The van der Waals surface area contributed by atoms with Gasteiger partial charge in [-0.15, -0.1) is 0 Å². The van der Waals surface area contributed by atoms with Crippen LogP contribution in [0.1, 0.15) is 12.5 Å². The van der Waals surface area contributed by atoms with Crippen LogP contribution in [0.2, 0.25) is 5.02 Å². The van der Waals surface area contributed by atoms with Gasteiger partial charge in [0.1, 0.15) is 0 Å². The molecule has 1 N–H and O–H groups in total. The molecule has 2 rings (SSSR count). The summed E-state index contributed by atoms with van der Waals surface area (Å²) in [7, 11) is 0. The van der Waals surface area contributed by atoms with Crippen molar-refractivity contribution in [2.24, 2.45) is 11.8 Å². The zero-order valence-corrected chi connectivity index (χ0v) is 12.4. The summed E-state index contributed by atoms with van der Waals surface area (Å²) in [5.74, 6) is -0.701. The Labute approximate surface area is 120 Å². The van der Waals surface area contributed by atoms with Crippen LogP contribution in [0.5, 0.6) is 0 Å². The zero-order chi connectivity index (χ0) is 13.3. The Hall–Kier alpha value is -0.580. The van der Waals surface area contributed by atoms with E-state index >= 15 is 0 Å². The van der Waals surface area contributed by atoms with Gasteiger partial charge in [0, 0.05) is 29.1 Å². The van der Waals surface area contributed by atoms with Gasteiger partial charge in [-0.1, -0.05) is 34.5 Å². The number of aliphatic carboxylic acids is 1.